The van der Waals surface area contributed by atoms with Gasteiger partial charge in [-0.3, -0.25) is 4.79 Å². The van der Waals surface area contributed by atoms with Crippen molar-refractivity contribution in [1.29, 1.82) is 0 Å². The highest BCUT2D eigenvalue weighted by Gasteiger charge is 2.16. The number of halogens is 1. The third-order valence-electron chi connectivity index (χ3n) is 2.15. The minimum Gasteiger partial charge on any atom is -0.506 e. The molecule has 0 saturated carbocycles. The van der Waals surface area contributed by atoms with Crippen molar-refractivity contribution in [3.8, 4) is 5.75 Å². The Bertz CT molecular complexity index is 392. The lowest BCUT2D eigenvalue weighted by atomic mass is 10.0. The molecule has 0 bridgehead atoms. The van der Waals surface area contributed by atoms with Crippen molar-refractivity contribution in [2.24, 2.45) is 5.73 Å². The fourth-order valence-corrected chi connectivity index (χ4v) is 1.58. The summed E-state index contributed by atoms with van der Waals surface area (Å²) in [5, 5.41) is 18.4. The Hall–Kier alpha value is -1.07. The van der Waals surface area contributed by atoms with Gasteiger partial charge in [-0.05, 0) is 34.0 Å². The zero-order valence-electron chi connectivity index (χ0n) is 8.20. The lowest BCUT2D eigenvalue weighted by Crippen LogP contribution is -2.32. The van der Waals surface area contributed by atoms with Crippen molar-refractivity contribution in [1.82, 2.24) is 0 Å². The van der Waals surface area contributed by atoms with E-state index in [4.69, 9.17) is 10.8 Å². The van der Waals surface area contributed by atoms with Crippen molar-refractivity contribution in [2.45, 2.75) is 19.4 Å². The number of carboxylic acids is 1. The van der Waals surface area contributed by atoms with Crippen LogP contribution >= 0.6 is 15.9 Å². The first-order chi connectivity index (χ1) is 6.93. The topological polar surface area (TPSA) is 83.6 Å². The predicted octanol–water partition coefficient (Wildman–Crippen LogP) is 1.42. The molecule has 0 fully saturated rings. The number of phenols is 1. The van der Waals surface area contributed by atoms with Crippen LogP contribution in [0.1, 0.15) is 11.1 Å². The van der Waals surface area contributed by atoms with Gasteiger partial charge in [0.1, 0.15) is 11.8 Å². The Morgan fingerprint density at radius 3 is 2.73 bits per heavy atom. The molecule has 1 unspecified atom stereocenters. The normalized spacial score (nSPS) is 12.5. The summed E-state index contributed by atoms with van der Waals surface area (Å²) in [6.07, 6.45) is 0.111. The van der Waals surface area contributed by atoms with E-state index in [0.717, 1.165) is 5.56 Å². The first kappa shape index (κ1) is 12.0. The number of carboxylic acid groups (broad SMARTS) is 1. The maximum atomic E-state index is 10.5. The molecule has 0 aliphatic carbocycles. The highest BCUT2D eigenvalue weighted by Crippen LogP contribution is 2.31. The van der Waals surface area contributed by atoms with Crippen LogP contribution in [0.25, 0.3) is 0 Å². The summed E-state index contributed by atoms with van der Waals surface area (Å²) in [4.78, 5) is 10.5. The number of nitrogens with two attached hydrogens (primary N) is 1. The van der Waals surface area contributed by atoms with E-state index in [2.05, 4.69) is 15.9 Å². The van der Waals surface area contributed by atoms with E-state index in [1.807, 2.05) is 6.92 Å². The van der Waals surface area contributed by atoms with Gasteiger partial charge < -0.3 is 15.9 Å². The second-order valence-electron chi connectivity index (χ2n) is 3.35. The molecule has 1 atom stereocenters. The second kappa shape index (κ2) is 4.63. The number of aliphatic carboxylic acids is 1. The van der Waals surface area contributed by atoms with E-state index in [1.54, 1.807) is 12.1 Å². The smallest absolute Gasteiger partial charge is 0.320 e. The van der Waals surface area contributed by atoms with Gasteiger partial charge in [0.15, 0.2) is 0 Å². The minimum atomic E-state index is -1.08. The number of rotatable bonds is 3. The molecule has 5 heteroatoms. The zero-order valence-corrected chi connectivity index (χ0v) is 9.78. The number of aromatic hydroxyl groups is 1. The fourth-order valence-electron chi connectivity index (χ4n) is 1.19. The quantitative estimate of drug-likeness (QED) is 0.778. The molecule has 0 heterocycles. The van der Waals surface area contributed by atoms with Crippen molar-refractivity contribution < 1.29 is 15.0 Å². The molecule has 0 spiro atoms. The number of hydrogen-bond donors (Lipinski definition) is 3. The average molecular weight is 274 g/mol. The van der Waals surface area contributed by atoms with E-state index < -0.39 is 12.0 Å². The second-order valence-corrected chi connectivity index (χ2v) is 4.15. The van der Waals surface area contributed by atoms with Crippen LogP contribution in [0.2, 0.25) is 0 Å². The highest BCUT2D eigenvalue weighted by molar-refractivity contribution is 9.10. The number of phenolic OH excluding ortho intramolecular Hbond substituents is 1. The molecule has 15 heavy (non-hydrogen) atoms. The summed E-state index contributed by atoms with van der Waals surface area (Å²) in [6.45, 7) is 1.84. The van der Waals surface area contributed by atoms with Crippen LogP contribution in [0.3, 0.4) is 0 Å². The minimum absolute atomic E-state index is 0.0618. The largest absolute Gasteiger partial charge is 0.506 e. The zero-order chi connectivity index (χ0) is 11.6. The van der Waals surface area contributed by atoms with Gasteiger partial charge in [0.25, 0.3) is 0 Å². The predicted molar refractivity (Wildman–Crippen MR) is 59.9 cm³/mol. The van der Waals surface area contributed by atoms with Gasteiger partial charge in [0, 0.05) is 6.42 Å². The maximum absolute atomic E-state index is 10.5. The Balaban J connectivity index is 2.97. The molecule has 0 radical (unpaired) electrons. The molecule has 0 aromatic heterocycles. The van der Waals surface area contributed by atoms with Gasteiger partial charge in [-0.2, -0.15) is 0 Å². The van der Waals surface area contributed by atoms with Crippen molar-refractivity contribution >= 4 is 21.9 Å². The Kier molecular flexibility index (Phi) is 3.71. The Morgan fingerprint density at radius 1 is 1.60 bits per heavy atom. The van der Waals surface area contributed by atoms with Gasteiger partial charge in [-0.15, -0.1) is 0 Å². The van der Waals surface area contributed by atoms with Gasteiger partial charge in [-0.25, -0.2) is 0 Å². The van der Waals surface area contributed by atoms with Crippen molar-refractivity contribution in [3.05, 3.63) is 27.7 Å². The van der Waals surface area contributed by atoms with Crippen LogP contribution in [-0.2, 0) is 11.2 Å². The standard InChI is InChI=1S/C10H12BrNO3/c1-5-2-3-6(9(13)8(5)11)4-7(12)10(14)15/h2-3,7,13H,4,12H2,1H3,(H,14,15). The van der Waals surface area contributed by atoms with Crippen LogP contribution in [0, 0.1) is 6.92 Å². The number of carbonyl (C=O) groups is 1. The SMILES string of the molecule is Cc1ccc(CC(N)C(=O)O)c(O)c1Br. The summed E-state index contributed by atoms with van der Waals surface area (Å²) in [7, 11) is 0. The van der Waals surface area contributed by atoms with E-state index in [1.165, 1.54) is 0 Å². The lowest BCUT2D eigenvalue weighted by Gasteiger charge is -2.10. The molecule has 82 valence electrons. The van der Waals surface area contributed by atoms with Crippen LogP contribution < -0.4 is 5.73 Å². The molecule has 1 aromatic carbocycles. The van der Waals surface area contributed by atoms with Crippen LogP contribution in [0.4, 0.5) is 0 Å². The molecular weight excluding hydrogens is 262 g/mol. The Morgan fingerprint density at radius 2 is 2.20 bits per heavy atom. The van der Waals surface area contributed by atoms with Gasteiger partial charge in [0.05, 0.1) is 4.47 Å². The number of aryl methyl sites for hydroxylation is 1. The molecule has 0 amide bonds. The summed E-state index contributed by atoms with van der Waals surface area (Å²) < 4.78 is 0.581. The molecule has 1 rings (SSSR count). The molecule has 0 aliphatic heterocycles. The molecule has 0 saturated heterocycles. The fraction of sp³-hybridized carbons (Fsp3) is 0.300. The average Bonchev–Trinajstić information content (AvgIpc) is 2.18. The van der Waals surface area contributed by atoms with Crippen LogP contribution in [-0.4, -0.2) is 22.2 Å². The monoisotopic (exact) mass is 273 g/mol. The molecule has 4 N–H and O–H groups in total. The molecule has 0 aliphatic rings. The van der Waals surface area contributed by atoms with E-state index in [9.17, 15) is 9.90 Å². The first-order valence-corrected chi connectivity index (χ1v) is 5.18. The third kappa shape index (κ3) is 2.70. The summed E-state index contributed by atoms with van der Waals surface area (Å²) in [5.74, 6) is -1.02. The third-order valence-corrected chi connectivity index (χ3v) is 3.15. The van der Waals surface area contributed by atoms with Gasteiger partial charge in [0.2, 0.25) is 0 Å². The van der Waals surface area contributed by atoms with E-state index >= 15 is 0 Å². The number of hydrogen-bond acceptors (Lipinski definition) is 3. The van der Waals surface area contributed by atoms with E-state index in [0.29, 0.717) is 10.0 Å². The van der Waals surface area contributed by atoms with Crippen LogP contribution in [0.5, 0.6) is 5.75 Å². The van der Waals surface area contributed by atoms with Crippen LogP contribution in [0.15, 0.2) is 16.6 Å². The van der Waals surface area contributed by atoms with Gasteiger partial charge in [-0.1, -0.05) is 12.1 Å². The van der Waals surface area contributed by atoms with Gasteiger partial charge >= 0.3 is 5.97 Å². The molecular formula is C10H12BrNO3. The maximum Gasteiger partial charge on any atom is 0.320 e. The summed E-state index contributed by atoms with van der Waals surface area (Å²) in [6, 6.07) is 2.48. The number of benzene rings is 1. The molecule has 4 nitrogen and oxygen atoms in total. The van der Waals surface area contributed by atoms with Crippen molar-refractivity contribution in [2.75, 3.05) is 0 Å². The molecule has 1 aromatic rings. The van der Waals surface area contributed by atoms with Crippen molar-refractivity contribution in [3.63, 3.8) is 0 Å². The Labute approximate surface area is 95.8 Å². The summed E-state index contributed by atoms with van der Waals surface area (Å²) in [5.41, 5.74) is 6.80. The highest BCUT2D eigenvalue weighted by atomic mass is 79.9. The summed E-state index contributed by atoms with van der Waals surface area (Å²) >= 11 is 3.22. The first-order valence-electron chi connectivity index (χ1n) is 4.38. The lowest BCUT2D eigenvalue weighted by molar-refractivity contribution is -0.138. The van der Waals surface area contributed by atoms with E-state index in [-0.39, 0.29) is 12.2 Å².